The van der Waals surface area contributed by atoms with Crippen LogP contribution in [0.4, 0.5) is 10.5 Å². The number of piperidine rings is 1. The number of aryl methyl sites for hydroxylation is 2. The Morgan fingerprint density at radius 3 is 2.47 bits per heavy atom. The molecule has 1 aliphatic carbocycles. The summed E-state index contributed by atoms with van der Waals surface area (Å²) in [6.07, 6.45) is 8.20. The minimum Gasteiger partial charge on any atom is -0.351 e. The van der Waals surface area contributed by atoms with Crippen molar-refractivity contribution in [3.05, 3.63) is 28.8 Å². The Balaban J connectivity index is 1.38. The number of nitrogens with two attached hydrogens (primary N) is 1. The molecule has 9 nitrogen and oxygen atoms in total. The molecular weight excluding hydrogens is 502 g/mol. The van der Waals surface area contributed by atoms with E-state index in [2.05, 4.69) is 12.2 Å². The predicted octanol–water partition coefficient (Wildman–Crippen LogP) is 3.66. The van der Waals surface area contributed by atoms with Gasteiger partial charge >= 0.3 is 6.03 Å². The molecule has 0 radical (unpaired) electrons. The summed E-state index contributed by atoms with van der Waals surface area (Å²) in [5.74, 6) is 1.78. The van der Waals surface area contributed by atoms with Gasteiger partial charge in [0.15, 0.2) is 0 Å². The van der Waals surface area contributed by atoms with E-state index in [0.717, 1.165) is 35.4 Å². The standard InChI is InChI=1S/C28H43N5O4S/c1-5-7-21-8-6-9-22(18-21)25-30-26(34)28(31-25)11-13-33(14-12-28)38(36,37)15-10-24-19(2)16-23(17-20(24)3)32(4)27(29)35/h16-17,21-22H,5-15,18H2,1-4H3,(H2,29,35)(H,30,31,34)/t21-,22+/m1/s1. The molecule has 0 aromatic heterocycles. The SMILES string of the molecule is CCC[C@@H]1CCC[C@H](C2=NC3(CCN(S(=O)(=O)CCc4c(C)cc(N(C)C(N)=O)cc4C)CC3)C(=O)N2)C1. The van der Waals surface area contributed by atoms with Crippen molar-refractivity contribution in [1.82, 2.24) is 9.62 Å². The minimum atomic E-state index is -3.50. The summed E-state index contributed by atoms with van der Waals surface area (Å²) in [5.41, 5.74) is 8.06. The Bertz CT molecular complexity index is 1180. The molecule has 3 amide bonds. The van der Waals surface area contributed by atoms with Gasteiger partial charge in [-0.3, -0.25) is 14.7 Å². The number of hydrogen-bond acceptors (Lipinski definition) is 5. The molecule has 1 spiro atoms. The minimum absolute atomic E-state index is 0.00566. The highest BCUT2D eigenvalue weighted by molar-refractivity contribution is 7.89. The average Bonchev–Trinajstić information content (AvgIpc) is 3.18. The number of nitrogens with zero attached hydrogens (tertiary/aromatic N) is 3. The van der Waals surface area contributed by atoms with E-state index in [1.165, 1.54) is 34.9 Å². The molecule has 210 valence electrons. The van der Waals surface area contributed by atoms with Gasteiger partial charge in [0.2, 0.25) is 10.0 Å². The van der Waals surface area contributed by atoms with E-state index < -0.39 is 21.6 Å². The molecule has 3 aliphatic rings. The van der Waals surface area contributed by atoms with Gasteiger partial charge in [0.1, 0.15) is 11.4 Å². The van der Waals surface area contributed by atoms with Crippen LogP contribution in [0, 0.1) is 25.7 Å². The molecule has 1 aromatic rings. The second-order valence-corrected chi connectivity index (χ2v) is 13.5. The molecule has 10 heteroatoms. The molecule has 4 rings (SSSR count). The van der Waals surface area contributed by atoms with E-state index >= 15 is 0 Å². The maximum atomic E-state index is 13.3. The number of primary amides is 1. The average molecular weight is 546 g/mol. The molecule has 2 aliphatic heterocycles. The van der Waals surface area contributed by atoms with Crippen molar-refractivity contribution >= 4 is 33.5 Å². The van der Waals surface area contributed by atoms with E-state index in [9.17, 15) is 18.0 Å². The van der Waals surface area contributed by atoms with Gasteiger partial charge < -0.3 is 11.1 Å². The molecular formula is C28H43N5O4S. The maximum absolute atomic E-state index is 13.3. The molecule has 1 saturated heterocycles. The fourth-order valence-corrected chi connectivity index (χ4v) is 7.92. The van der Waals surface area contributed by atoms with Crippen LogP contribution in [0.25, 0.3) is 0 Å². The van der Waals surface area contributed by atoms with Crippen LogP contribution in [0.15, 0.2) is 17.1 Å². The Labute approximate surface area is 227 Å². The first kappa shape index (κ1) is 28.5. The third kappa shape index (κ3) is 5.91. The molecule has 2 heterocycles. The third-order valence-electron chi connectivity index (χ3n) is 8.82. The van der Waals surface area contributed by atoms with Crippen LogP contribution in [0.1, 0.15) is 75.0 Å². The van der Waals surface area contributed by atoms with Crippen molar-refractivity contribution in [2.75, 3.05) is 30.8 Å². The summed E-state index contributed by atoms with van der Waals surface area (Å²) in [6, 6.07) is 3.17. The largest absolute Gasteiger partial charge is 0.351 e. The summed E-state index contributed by atoms with van der Waals surface area (Å²) in [7, 11) is -1.89. The van der Waals surface area contributed by atoms with E-state index in [1.54, 1.807) is 7.05 Å². The Morgan fingerprint density at radius 1 is 1.21 bits per heavy atom. The van der Waals surface area contributed by atoms with Crippen LogP contribution < -0.4 is 16.0 Å². The van der Waals surface area contributed by atoms with E-state index in [0.29, 0.717) is 49.9 Å². The molecule has 1 aromatic carbocycles. The molecule has 0 unspecified atom stereocenters. The quantitative estimate of drug-likeness (QED) is 0.517. The van der Waals surface area contributed by atoms with Crippen LogP contribution in [0.5, 0.6) is 0 Å². The zero-order valence-corrected chi connectivity index (χ0v) is 24.1. The predicted molar refractivity (Wildman–Crippen MR) is 151 cm³/mol. The number of aliphatic imine (C=N–C) groups is 1. The van der Waals surface area contributed by atoms with Gasteiger partial charge in [-0.05, 0) is 80.7 Å². The van der Waals surface area contributed by atoms with E-state index in [1.807, 2.05) is 26.0 Å². The van der Waals surface area contributed by atoms with Crippen LogP contribution in [0.3, 0.4) is 0 Å². The first-order chi connectivity index (χ1) is 18.0. The van der Waals surface area contributed by atoms with Crippen LogP contribution in [-0.2, 0) is 21.2 Å². The second-order valence-electron chi connectivity index (χ2n) is 11.4. The first-order valence-electron chi connectivity index (χ1n) is 14.0. The Morgan fingerprint density at radius 2 is 1.87 bits per heavy atom. The number of urea groups is 1. The van der Waals surface area contributed by atoms with Gasteiger partial charge in [-0.2, -0.15) is 0 Å². The van der Waals surface area contributed by atoms with Crippen LogP contribution in [0.2, 0.25) is 0 Å². The summed E-state index contributed by atoms with van der Waals surface area (Å²) in [5, 5.41) is 3.09. The zero-order chi connectivity index (χ0) is 27.7. The molecule has 2 fully saturated rings. The zero-order valence-electron chi connectivity index (χ0n) is 23.3. The monoisotopic (exact) mass is 545 g/mol. The topological polar surface area (TPSA) is 125 Å². The lowest BCUT2D eigenvalue weighted by Crippen LogP contribution is -2.51. The fourth-order valence-electron chi connectivity index (χ4n) is 6.46. The first-order valence-corrected chi connectivity index (χ1v) is 15.6. The molecule has 0 bridgehead atoms. The second kappa shape index (κ2) is 11.3. The molecule has 3 N–H and O–H groups in total. The highest BCUT2D eigenvalue weighted by Gasteiger charge is 2.48. The van der Waals surface area contributed by atoms with Crippen LogP contribution >= 0.6 is 0 Å². The molecule has 2 atom stereocenters. The number of nitrogens with one attached hydrogen (secondary N) is 1. The summed E-state index contributed by atoms with van der Waals surface area (Å²) >= 11 is 0. The van der Waals surface area contributed by atoms with Crippen molar-refractivity contribution in [2.24, 2.45) is 22.6 Å². The summed E-state index contributed by atoms with van der Waals surface area (Å²) in [6.45, 7) is 6.66. The lowest BCUT2D eigenvalue weighted by Gasteiger charge is -2.35. The lowest BCUT2D eigenvalue weighted by molar-refractivity contribution is -0.125. The highest BCUT2D eigenvalue weighted by Crippen LogP contribution is 2.37. The van der Waals surface area contributed by atoms with Crippen molar-refractivity contribution in [3.8, 4) is 0 Å². The normalized spacial score (nSPS) is 23.8. The number of carbonyl (C=O) groups is 2. The van der Waals surface area contributed by atoms with Gasteiger partial charge in [-0.25, -0.2) is 17.5 Å². The van der Waals surface area contributed by atoms with Crippen molar-refractivity contribution in [2.45, 2.75) is 84.1 Å². The van der Waals surface area contributed by atoms with E-state index in [-0.39, 0.29) is 11.7 Å². The third-order valence-corrected chi connectivity index (χ3v) is 10.7. The Hall–Kier alpha value is -2.46. The van der Waals surface area contributed by atoms with Gasteiger partial charge in [0, 0.05) is 31.7 Å². The molecule has 38 heavy (non-hydrogen) atoms. The Kier molecular flexibility index (Phi) is 8.52. The highest BCUT2D eigenvalue weighted by atomic mass is 32.2. The van der Waals surface area contributed by atoms with Crippen molar-refractivity contribution in [1.29, 1.82) is 0 Å². The molecule has 1 saturated carbocycles. The van der Waals surface area contributed by atoms with Gasteiger partial charge in [-0.15, -0.1) is 0 Å². The number of benzene rings is 1. The van der Waals surface area contributed by atoms with Gasteiger partial charge in [-0.1, -0.05) is 32.6 Å². The fraction of sp³-hybridized carbons (Fsp3) is 0.679. The van der Waals surface area contributed by atoms with Crippen molar-refractivity contribution in [3.63, 3.8) is 0 Å². The number of amidine groups is 1. The number of carbonyl (C=O) groups excluding carboxylic acids is 2. The summed E-state index contributed by atoms with van der Waals surface area (Å²) in [4.78, 5) is 30.9. The number of sulfonamides is 1. The maximum Gasteiger partial charge on any atom is 0.318 e. The number of hydrogen-bond donors (Lipinski definition) is 2. The lowest BCUT2D eigenvalue weighted by atomic mass is 9.79. The number of amides is 3. The number of anilines is 1. The van der Waals surface area contributed by atoms with Crippen molar-refractivity contribution < 1.29 is 18.0 Å². The van der Waals surface area contributed by atoms with Gasteiger partial charge in [0.05, 0.1) is 5.75 Å². The summed E-state index contributed by atoms with van der Waals surface area (Å²) < 4.78 is 28.0. The van der Waals surface area contributed by atoms with Gasteiger partial charge in [0.25, 0.3) is 5.91 Å². The van der Waals surface area contributed by atoms with Crippen LogP contribution in [-0.4, -0.2) is 61.9 Å². The number of rotatable bonds is 8. The smallest absolute Gasteiger partial charge is 0.318 e. The van der Waals surface area contributed by atoms with E-state index in [4.69, 9.17) is 10.7 Å².